The molecule has 1 heterocycles. The van der Waals surface area contributed by atoms with Crippen LogP contribution in [0.5, 0.6) is 0 Å². The summed E-state index contributed by atoms with van der Waals surface area (Å²) in [4.78, 5) is 31.4. The van der Waals surface area contributed by atoms with E-state index in [2.05, 4.69) is 34.6 Å². The Morgan fingerprint density at radius 1 is 1.00 bits per heavy atom. The van der Waals surface area contributed by atoms with Crippen molar-refractivity contribution < 1.29 is 19.1 Å². The van der Waals surface area contributed by atoms with Gasteiger partial charge in [0.05, 0.1) is 10.4 Å². The van der Waals surface area contributed by atoms with Gasteiger partial charge < -0.3 is 14.8 Å². The van der Waals surface area contributed by atoms with Gasteiger partial charge in [0.2, 0.25) is 0 Å². The van der Waals surface area contributed by atoms with Crippen molar-refractivity contribution in [3.63, 3.8) is 0 Å². The summed E-state index contributed by atoms with van der Waals surface area (Å²) in [6.07, 6.45) is 1.25. The fourth-order valence-electron chi connectivity index (χ4n) is 4.89. The molecule has 0 saturated heterocycles. The molecule has 0 bridgehead atoms. The minimum Gasteiger partial charge on any atom is -0.458 e. The first-order valence-electron chi connectivity index (χ1n) is 12.7. The van der Waals surface area contributed by atoms with E-state index >= 15 is 0 Å². The van der Waals surface area contributed by atoms with E-state index in [1.807, 2.05) is 30.3 Å². The molecule has 39 heavy (non-hydrogen) atoms. The molecule has 1 aliphatic rings. The van der Waals surface area contributed by atoms with Crippen LogP contribution in [0.3, 0.4) is 0 Å². The topological polar surface area (TPSA) is 77.5 Å². The lowest BCUT2D eigenvalue weighted by molar-refractivity contribution is -0.157. The predicted octanol–water partition coefficient (Wildman–Crippen LogP) is 7.26. The van der Waals surface area contributed by atoms with Gasteiger partial charge in [-0.1, -0.05) is 66.2 Å². The zero-order valence-electron chi connectivity index (χ0n) is 21.9. The molecule has 1 N–H and O–H groups in total. The summed E-state index contributed by atoms with van der Waals surface area (Å²) in [7, 11) is 0. The van der Waals surface area contributed by atoms with Gasteiger partial charge in [0.15, 0.2) is 0 Å². The number of rotatable bonds is 7. The van der Waals surface area contributed by atoms with Crippen LogP contribution in [0.4, 0.5) is 4.79 Å². The van der Waals surface area contributed by atoms with E-state index in [4.69, 9.17) is 21.1 Å². The van der Waals surface area contributed by atoms with Crippen LogP contribution in [-0.2, 0) is 20.7 Å². The number of benzene rings is 3. The lowest BCUT2D eigenvalue weighted by Gasteiger charge is -2.25. The molecule has 6 nitrogen and oxygen atoms in total. The Hall–Kier alpha value is -3.68. The number of fused-ring (bicyclic) bond motifs is 3. The van der Waals surface area contributed by atoms with Gasteiger partial charge in [-0.3, -0.25) is 4.98 Å². The molecule has 0 unspecified atom stereocenters. The van der Waals surface area contributed by atoms with Gasteiger partial charge in [-0.05, 0) is 66.3 Å². The van der Waals surface area contributed by atoms with Gasteiger partial charge in [0, 0.05) is 23.6 Å². The van der Waals surface area contributed by atoms with Crippen LogP contribution in [0.15, 0.2) is 78.4 Å². The normalized spacial score (nSPS) is 13.3. The van der Waals surface area contributed by atoms with Crippen molar-refractivity contribution in [1.82, 2.24) is 10.3 Å². The Morgan fingerprint density at radius 3 is 2.28 bits per heavy atom. The van der Waals surface area contributed by atoms with Crippen molar-refractivity contribution in [3.8, 4) is 21.6 Å². The second-order valence-electron chi connectivity index (χ2n) is 10.4. The zero-order valence-corrected chi connectivity index (χ0v) is 23.5. The summed E-state index contributed by atoms with van der Waals surface area (Å²) in [6, 6.07) is 20.8. The third-order valence-electron chi connectivity index (χ3n) is 6.52. The number of nitrogens with zero attached hydrogens (tertiary/aromatic N) is 1. The fraction of sp³-hybridized carbons (Fsp3) is 0.258. The van der Waals surface area contributed by atoms with Crippen LogP contribution in [0.1, 0.15) is 43.4 Å². The Balaban J connectivity index is 1.35. The van der Waals surface area contributed by atoms with Gasteiger partial charge in [-0.25, -0.2) is 9.59 Å². The number of hydrogen-bond donors (Lipinski definition) is 1. The van der Waals surface area contributed by atoms with E-state index < -0.39 is 23.7 Å². The van der Waals surface area contributed by atoms with Crippen LogP contribution >= 0.6 is 22.9 Å². The first kappa shape index (κ1) is 26.9. The number of halogens is 1. The number of thiazole rings is 1. The number of aromatic nitrogens is 1. The molecule has 1 aromatic heterocycles. The van der Waals surface area contributed by atoms with Crippen molar-refractivity contribution in [2.24, 2.45) is 0 Å². The molecular weight excluding hydrogens is 532 g/mol. The van der Waals surface area contributed by atoms with Crippen LogP contribution in [0.2, 0.25) is 5.02 Å². The molecule has 0 spiro atoms. The highest BCUT2D eigenvalue weighted by atomic mass is 35.5. The first-order valence-corrected chi connectivity index (χ1v) is 14.0. The lowest BCUT2D eigenvalue weighted by Crippen LogP contribution is -2.46. The summed E-state index contributed by atoms with van der Waals surface area (Å²) in [5.41, 5.74) is 7.22. The van der Waals surface area contributed by atoms with Gasteiger partial charge >= 0.3 is 12.1 Å². The molecule has 3 aromatic carbocycles. The predicted molar refractivity (Wildman–Crippen MR) is 154 cm³/mol. The molecule has 0 radical (unpaired) electrons. The van der Waals surface area contributed by atoms with E-state index in [-0.39, 0.29) is 18.9 Å². The average molecular weight is 561 g/mol. The number of hydrogen-bond acceptors (Lipinski definition) is 6. The molecule has 0 saturated carbocycles. The molecule has 5 rings (SSSR count). The first-order chi connectivity index (χ1) is 18.7. The maximum atomic E-state index is 13.2. The number of alkyl carbamates (subject to hydrolysis) is 1. The van der Waals surface area contributed by atoms with Crippen LogP contribution in [-0.4, -0.2) is 35.3 Å². The molecular formula is C31H29ClN2O4S. The summed E-state index contributed by atoms with van der Waals surface area (Å²) in [5, 5.41) is 3.29. The van der Waals surface area contributed by atoms with E-state index in [9.17, 15) is 9.59 Å². The van der Waals surface area contributed by atoms with Crippen molar-refractivity contribution in [2.45, 2.75) is 44.8 Å². The minimum atomic E-state index is -0.981. The molecule has 1 atom stereocenters. The zero-order chi connectivity index (χ0) is 27.6. The van der Waals surface area contributed by atoms with Crippen molar-refractivity contribution in [1.29, 1.82) is 0 Å². The van der Waals surface area contributed by atoms with Crippen molar-refractivity contribution >= 4 is 35.0 Å². The summed E-state index contributed by atoms with van der Waals surface area (Å²) in [5.74, 6) is -0.639. The minimum absolute atomic E-state index is 0.0889. The highest BCUT2D eigenvalue weighted by Crippen LogP contribution is 2.44. The second kappa shape index (κ2) is 11.2. The number of amides is 1. The quantitative estimate of drug-likeness (QED) is 0.241. The maximum Gasteiger partial charge on any atom is 0.407 e. The van der Waals surface area contributed by atoms with Crippen molar-refractivity contribution in [2.75, 3.05) is 6.61 Å². The number of carbonyl (C=O) groups is 2. The standard InChI is InChI=1S/C31H29ClN2O4S/c1-31(2,3)38-29(35)27(15-19-14-20(32)12-13-21(19)28-16-33-18-39-28)34-30(36)37-17-26-24-10-6-4-8-22(24)23-9-5-7-11-25(23)26/h4-14,16,18,26-27H,15,17H2,1-3H3,(H,34,36)/t27-/m0/s1. The Bertz CT molecular complexity index is 1450. The third-order valence-corrected chi connectivity index (χ3v) is 7.56. The fourth-order valence-corrected chi connectivity index (χ4v) is 5.77. The molecule has 8 heteroatoms. The highest BCUT2D eigenvalue weighted by Gasteiger charge is 2.31. The van der Waals surface area contributed by atoms with E-state index in [0.29, 0.717) is 5.02 Å². The van der Waals surface area contributed by atoms with Gasteiger partial charge in [-0.2, -0.15) is 0 Å². The van der Waals surface area contributed by atoms with E-state index in [1.54, 1.807) is 44.6 Å². The Kier molecular flexibility index (Phi) is 7.73. The number of esters is 1. The Labute approximate surface area is 237 Å². The van der Waals surface area contributed by atoms with E-state index in [0.717, 1.165) is 38.3 Å². The monoisotopic (exact) mass is 560 g/mol. The van der Waals surface area contributed by atoms with Gasteiger partial charge in [-0.15, -0.1) is 11.3 Å². The summed E-state index contributed by atoms with van der Waals surface area (Å²) < 4.78 is 11.4. The molecule has 200 valence electrons. The molecule has 0 aliphatic heterocycles. The molecule has 4 aromatic rings. The summed E-state index contributed by atoms with van der Waals surface area (Å²) in [6.45, 7) is 5.51. The Morgan fingerprint density at radius 2 is 1.67 bits per heavy atom. The molecule has 1 amide bonds. The number of ether oxygens (including phenoxy) is 2. The van der Waals surface area contributed by atoms with Gasteiger partial charge in [0.1, 0.15) is 18.2 Å². The SMILES string of the molecule is CC(C)(C)OC(=O)[C@H](Cc1cc(Cl)ccc1-c1cncs1)NC(=O)OCC1c2ccccc2-c2ccccc21. The maximum absolute atomic E-state index is 13.2. The van der Waals surface area contributed by atoms with E-state index in [1.165, 1.54) is 11.3 Å². The number of nitrogens with one attached hydrogen (secondary N) is 1. The number of carbonyl (C=O) groups excluding carboxylic acids is 2. The average Bonchev–Trinajstić information content (AvgIpc) is 3.53. The van der Waals surface area contributed by atoms with Crippen LogP contribution in [0, 0.1) is 0 Å². The van der Waals surface area contributed by atoms with Crippen LogP contribution < -0.4 is 5.32 Å². The molecule has 0 fully saturated rings. The highest BCUT2D eigenvalue weighted by molar-refractivity contribution is 7.13. The largest absolute Gasteiger partial charge is 0.458 e. The third kappa shape index (κ3) is 6.15. The van der Waals surface area contributed by atoms with Crippen molar-refractivity contribution in [3.05, 3.63) is 100 Å². The smallest absolute Gasteiger partial charge is 0.407 e. The lowest BCUT2D eigenvalue weighted by atomic mass is 9.98. The summed E-state index contributed by atoms with van der Waals surface area (Å²) >= 11 is 7.80. The van der Waals surface area contributed by atoms with Gasteiger partial charge in [0.25, 0.3) is 0 Å². The second-order valence-corrected chi connectivity index (χ2v) is 11.7. The molecule has 1 aliphatic carbocycles. The van der Waals surface area contributed by atoms with Crippen LogP contribution in [0.25, 0.3) is 21.6 Å².